The molecule has 0 bridgehead atoms. The van der Waals surface area contributed by atoms with Gasteiger partial charge in [0.2, 0.25) is 0 Å². The first-order valence-corrected chi connectivity index (χ1v) is 5.31. The molecule has 86 valence electrons. The van der Waals surface area contributed by atoms with Crippen molar-refractivity contribution < 1.29 is 9.90 Å². The second-order valence-electron chi connectivity index (χ2n) is 3.96. The molecular weight excluding hydrogens is 206 g/mol. The van der Waals surface area contributed by atoms with E-state index in [9.17, 15) is 9.90 Å². The van der Waals surface area contributed by atoms with E-state index < -0.39 is 0 Å². The minimum absolute atomic E-state index is 0.0645. The Kier molecular flexibility index (Phi) is 3.05. The maximum absolute atomic E-state index is 12.1. The van der Waals surface area contributed by atoms with E-state index in [0.29, 0.717) is 5.56 Å². The Balaban J connectivity index is 2.15. The number of aromatic nitrogens is 1. The molecule has 0 aromatic carbocycles. The molecule has 1 atom stereocenters. The number of hydrogen-bond donors (Lipinski definition) is 2. The number of amides is 1. The van der Waals surface area contributed by atoms with Gasteiger partial charge in [-0.1, -0.05) is 0 Å². The van der Waals surface area contributed by atoms with Crippen molar-refractivity contribution in [1.29, 1.82) is 0 Å². The number of aromatic hydroxyl groups is 1. The van der Waals surface area contributed by atoms with Crippen LogP contribution in [0.4, 0.5) is 0 Å². The lowest BCUT2D eigenvalue weighted by molar-refractivity contribution is 0.0740. The largest absolute Gasteiger partial charge is 0.505 e. The average Bonchev–Trinajstić information content (AvgIpc) is 2.81. The highest BCUT2D eigenvalue weighted by molar-refractivity contribution is 5.96. The monoisotopic (exact) mass is 221 g/mol. The second kappa shape index (κ2) is 4.49. The van der Waals surface area contributed by atoms with Crippen LogP contribution in [0.25, 0.3) is 0 Å². The van der Waals surface area contributed by atoms with Crippen molar-refractivity contribution in [3.8, 4) is 5.75 Å². The summed E-state index contributed by atoms with van der Waals surface area (Å²) >= 11 is 0. The number of hydrogen-bond acceptors (Lipinski definition) is 4. The standard InChI is InChI=1S/C11H15N3O2/c1-14(8-2-4-12-6-8)11(16)9-3-5-13-7-10(9)15/h3,5,7-8,12,15H,2,4,6H2,1H3. The van der Waals surface area contributed by atoms with Crippen molar-refractivity contribution in [3.63, 3.8) is 0 Å². The van der Waals surface area contributed by atoms with Crippen LogP contribution in [-0.4, -0.2) is 47.1 Å². The highest BCUT2D eigenvalue weighted by Gasteiger charge is 2.25. The topological polar surface area (TPSA) is 65.5 Å². The first kappa shape index (κ1) is 10.9. The van der Waals surface area contributed by atoms with E-state index in [0.717, 1.165) is 19.5 Å². The van der Waals surface area contributed by atoms with Gasteiger partial charge in [0.1, 0.15) is 5.75 Å². The molecule has 1 aromatic rings. The van der Waals surface area contributed by atoms with E-state index >= 15 is 0 Å². The third-order valence-corrected chi connectivity index (χ3v) is 2.93. The van der Waals surface area contributed by atoms with Gasteiger partial charge in [-0.15, -0.1) is 0 Å². The second-order valence-corrected chi connectivity index (χ2v) is 3.96. The summed E-state index contributed by atoms with van der Waals surface area (Å²) in [6.45, 7) is 1.75. The SMILES string of the molecule is CN(C(=O)c1ccncc1O)C1CCNC1. The van der Waals surface area contributed by atoms with E-state index in [1.807, 2.05) is 0 Å². The molecule has 0 radical (unpaired) electrons. The van der Waals surface area contributed by atoms with Crippen LogP contribution in [0.5, 0.6) is 5.75 Å². The predicted molar refractivity (Wildman–Crippen MR) is 59.3 cm³/mol. The van der Waals surface area contributed by atoms with Gasteiger partial charge in [-0.05, 0) is 19.0 Å². The van der Waals surface area contributed by atoms with Crippen LogP contribution < -0.4 is 5.32 Å². The van der Waals surface area contributed by atoms with Crippen molar-refractivity contribution >= 4 is 5.91 Å². The molecule has 1 aromatic heterocycles. The summed E-state index contributed by atoms with van der Waals surface area (Å²) in [6, 6.07) is 1.75. The highest BCUT2D eigenvalue weighted by Crippen LogP contribution is 2.18. The molecule has 2 heterocycles. The molecular formula is C11H15N3O2. The lowest BCUT2D eigenvalue weighted by Gasteiger charge is -2.23. The third-order valence-electron chi connectivity index (χ3n) is 2.93. The van der Waals surface area contributed by atoms with Gasteiger partial charge in [-0.25, -0.2) is 0 Å². The maximum atomic E-state index is 12.1. The summed E-state index contributed by atoms with van der Waals surface area (Å²) in [5, 5.41) is 12.8. The van der Waals surface area contributed by atoms with Crippen LogP contribution in [0.2, 0.25) is 0 Å². The number of carbonyl (C=O) groups is 1. The zero-order valence-electron chi connectivity index (χ0n) is 9.18. The van der Waals surface area contributed by atoms with Crippen LogP contribution in [0.3, 0.4) is 0 Å². The lowest BCUT2D eigenvalue weighted by Crippen LogP contribution is -2.38. The minimum atomic E-state index is -0.159. The zero-order chi connectivity index (χ0) is 11.5. The van der Waals surface area contributed by atoms with Crippen LogP contribution in [0, 0.1) is 0 Å². The van der Waals surface area contributed by atoms with Gasteiger partial charge in [0, 0.05) is 25.8 Å². The maximum Gasteiger partial charge on any atom is 0.257 e. The summed E-state index contributed by atoms with van der Waals surface area (Å²) in [7, 11) is 1.76. The van der Waals surface area contributed by atoms with Crippen LogP contribution in [0.15, 0.2) is 18.5 Å². The molecule has 0 aliphatic carbocycles. The molecule has 1 unspecified atom stereocenters. The fraction of sp³-hybridized carbons (Fsp3) is 0.455. The summed E-state index contributed by atoms with van der Waals surface area (Å²) in [6.07, 6.45) is 3.75. The van der Waals surface area contributed by atoms with E-state index in [1.165, 1.54) is 18.5 Å². The molecule has 5 nitrogen and oxygen atoms in total. The van der Waals surface area contributed by atoms with Crippen LogP contribution >= 0.6 is 0 Å². The first-order valence-electron chi connectivity index (χ1n) is 5.31. The Hall–Kier alpha value is -1.62. The first-order chi connectivity index (χ1) is 7.70. The normalized spacial score (nSPS) is 19.7. The van der Waals surface area contributed by atoms with Gasteiger partial charge in [-0.3, -0.25) is 9.78 Å². The molecule has 2 rings (SSSR count). The molecule has 16 heavy (non-hydrogen) atoms. The average molecular weight is 221 g/mol. The number of likely N-dealkylation sites (N-methyl/N-ethyl adjacent to an activating group) is 1. The van der Waals surface area contributed by atoms with Gasteiger partial charge >= 0.3 is 0 Å². The quantitative estimate of drug-likeness (QED) is 0.750. The van der Waals surface area contributed by atoms with E-state index in [2.05, 4.69) is 10.3 Å². The molecule has 1 aliphatic rings. The molecule has 0 spiro atoms. The number of carbonyl (C=O) groups excluding carboxylic acids is 1. The smallest absolute Gasteiger partial charge is 0.257 e. The minimum Gasteiger partial charge on any atom is -0.505 e. The molecule has 2 N–H and O–H groups in total. The third kappa shape index (κ3) is 1.99. The van der Waals surface area contributed by atoms with Crippen molar-refractivity contribution in [1.82, 2.24) is 15.2 Å². The molecule has 1 aliphatic heterocycles. The Morgan fingerprint density at radius 2 is 2.50 bits per heavy atom. The van der Waals surface area contributed by atoms with Crippen molar-refractivity contribution in [2.45, 2.75) is 12.5 Å². The summed E-state index contributed by atoms with van der Waals surface area (Å²) in [5.41, 5.74) is 0.310. The number of nitrogens with one attached hydrogen (secondary N) is 1. The molecule has 5 heteroatoms. The molecule has 1 amide bonds. The Labute approximate surface area is 94.1 Å². The predicted octanol–water partition coefficient (Wildman–Crippen LogP) is 0.221. The molecule has 1 fully saturated rings. The van der Waals surface area contributed by atoms with E-state index in [-0.39, 0.29) is 17.7 Å². The van der Waals surface area contributed by atoms with Gasteiger partial charge in [0.05, 0.1) is 11.8 Å². The highest BCUT2D eigenvalue weighted by atomic mass is 16.3. The van der Waals surface area contributed by atoms with Crippen LogP contribution in [-0.2, 0) is 0 Å². The lowest BCUT2D eigenvalue weighted by atomic mass is 10.1. The van der Waals surface area contributed by atoms with Gasteiger partial charge in [0.25, 0.3) is 5.91 Å². The number of pyridine rings is 1. The van der Waals surface area contributed by atoms with Gasteiger partial charge in [0.15, 0.2) is 0 Å². The van der Waals surface area contributed by atoms with Crippen molar-refractivity contribution in [3.05, 3.63) is 24.0 Å². The Morgan fingerprint density at radius 3 is 3.12 bits per heavy atom. The Bertz CT molecular complexity index is 389. The summed E-state index contributed by atoms with van der Waals surface area (Å²) in [4.78, 5) is 17.5. The fourth-order valence-corrected chi connectivity index (χ4v) is 1.89. The summed E-state index contributed by atoms with van der Waals surface area (Å²) in [5.74, 6) is -0.223. The van der Waals surface area contributed by atoms with Gasteiger partial charge < -0.3 is 15.3 Å². The fourth-order valence-electron chi connectivity index (χ4n) is 1.89. The number of nitrogens with zero attached hydrogens (tertiary/aromatic N) is 2. The van der Waals surface area contributed by atoms with Crippen LogP contribution in [0.1, 0.15) is 16.8 Å². The zero-order valence-corrected chi connectivity index (χ0v) is 9.18. The van der Waals surface area contributed by atoms with E-state index in [4.69, 9.17) is 0 Å². The van der Waals surface area contributed by atoms with Crippen molar-refractivity contribution in [2.24, 2.45) is 0 Å². The van der Waals surface area contributed by atoms with Gasteiger partial charge in [-0.2, -0.15) is 0 Å². The summed E-state index contributed by atoms with van der Waals surface area (Å²) < 4.78 is 0. The van der Waals surface area contributed by atoms with E-state index in [1.54, 1.807) is 11.9 Å². The molecule has 0 saturated carbocycles. The van der Waals surface area contributed by atoms with Crippen molar-refractivity contribution in [2.75, 3.05) is 20.1 Å². The Morgan fingerprint density at radius 1 is 1.69 bits per heavy atom. The molecule has 1 saturated heterocycles. The number of rotatable bonds is 2.